The molecule has 2 aliphatic rings. The fourth-order valence-corrected chi connectivity index (χ4v) is 3.80. The number of amides is 3. The highest BCUT2D eigenvalue weighted by Crippen LogP contribution is 2.27. The van der Waals surface area contributed by atoms with Gasteiger partial charge in [0.2, 0.25) is 11.8 Å². The highest BCUT2D eigenvalue weighted by Gasteiger charge is 2.35. The van der Waals surface area contributed by atoms with Crippen molar-refractivity contribution in [2.75, 3.05) is 36.0 Å². The van der Waals surface area contributed by atoms with Gasteiger partial charge in [-0.1, -0.05) is 17.9 Å². The van der Waals surface area contributed by atoms with Gasteiger partial charge >= 0.3 is 6.09 Å². The van der Waals surface area contributed by atoms with Gasteiger partial charge in [-0.25, -0.2) is 4.79 Å². The fourth-order valence-electron chi connectivity index (χ4n) is 3.80. The van der Waals surface area contributed by atoms with Gasteiger partial charge in [-0.2, -0.15) is 0 Å². The van der Waals surface area contributed by atoms with E-state index in [9.17, 15) is 14.4 Å². The predicted octanol–water partition coefficient (Wildman–Crippen LogP) is 2.78. The number of nitrogens with zero attached hydrogens (tertiary/aromatic N) is 2. The summed E-state index contributed by atoms with van der Waals surface area (Å²) in [6.45, 7) is 5.56. The van der Waals surface area contributed by atoms with E-state index in [-0.39, 0.29) is 36.8 Å². The average Bonchev–Trinajstić information content (AvgIpc) is 3.39. The number of carbonyl (C=O) groups is 3. The molecular formula is C25H25N3O4. The van der Waals surface area contributed by atoms with Crippen molar-refractivity contribution in [3.8, 4) is 11.8 Å². The summed E-state index contributed by atoms with van der Waals surface area (Å²) in [6, 6.07) is 13.2. The maximum absolute atomic E-state index is 12.5. The molecule has 2 saturated heterocycles. The lowest BCUT2D eigenvalue weighted by Gasteiger charge is -2.17. The fraction of sp³-hybridized carbons (Fsp3) is 0.320. The molecule has 7 heteroatoms. The van der Waals surface area contributed by atoms with Crippen molar-refractivity contribution in [1.29, 1.82) is 0 Å². The monoisotopic (exact) mass is 431 g/mol. The van der Waals surface area contributed by atoms with E-state index in [1.54, 1.807) is 9.80 Å². The third-order valence-electron chi connectivity index (χ3n) is 5.82. The van der Waals surface area contributed by atoms with Gasteiger partial charge in [0.05, 0.1) is 19.0 Å². The topological polar surface area (TPSA) is 79.0 Å². The summed E-state index contributed by atoms with van der Waals surface area (Å²) in [5, 5.41) is 2.81. The van der Waals surface area contributed by atoms with Crippen molar-refractivity contribution >= 4 is 29.3 Å². The van der Waals surface area contributed by atoms with Crippen LogP contribution in [0.25, 0.3) is 0 Å². The van der Waals surface area contributed by atoms with E-state index < -0.39 is 0 Å². The summed E-state index contributed by atoms with van der Waals surface area (Å²) in [7, 11) is 0. The minimum atomic E-state index is -0.384. The maximum Gasteiger partial charge on any atom is 0.414 e. The summed E-state index contributed by atoms with van der Waals surface area (Å²) in [4.78, 5) is 39.8. The smallest absolute Gasteiger partial charge is 0.414 e. The minimum Gasteiger partial charge on any atom is -0.447 e. The average molecular weight is 431 g/mol. The zero-order chi connectivity index (χ0) is 22.7. The lowest BCUT2D eigenvalue weighted by atomic mass is 10.1. The van der Waals surface area contributed by atoms with Gasteiger partial charge in [0.15, 0.2) is 0 Å². The molecule has 164 valence electrons. The molecule has 32 heavy (non-hydrogen) atoms. The van der Waals surface area contributed by atoms with Gasteiger partial charge in [0.1, 0.15) is 6.61 Å². The summed E-state index contributed by atoms with van der Waals surface area (Å²) in [5.74, 6) is 5.34. The lowest BCUT2D eigenvalue weighted by molar-refractivity contribution is -0.126. The second kappa shape index (κ2) is 9.15. The molecule has 2 aromatic carbocycles. The Hall–Kier alpha value is -3.79. The molecule has 0 aromatic heterocycles. The molecule has 2 aromatic rings. The highest BCUT2D eigenvalue weighted by atomic mass is 16.6. The highest BCUT2D eigenvalue weighted by molar-refractivity contribution is 6.00. The Bertz CT molecular complexity index is 1110. The molecule has 2 heterocycles. The standard InChI is InChI=1S/C25H25N3O4/c1-17-5-8-22(14-18(17)2)28-16-20(15-23(28)29)24(30)26-11-3-4-19-6-9-21(10-7-19)27-12-13-32-25(27)31/h5-10,14,20H,11-13,15-16H2,1-2H3,(H,26,30). The van der Waals surface area contributed by atoms with Crippen LogP contribution in [0.5, 0.6) is 0 Å². The van der Waals surface area contributed by atoms with Gasteiger partial charge in [0, 0.05) is 29.9 Å². The Morgan fingerprint density at radius 1 is 1.06 bits per heavy atom. The first kappa shape index (κ1) is 21.4. The van der Waals surface area contributed by atoms with E-state index in [1.165, 1.54) is 5.56 Å². The van der Waals surface area contributed by atoms with Crippen molar-refractivity contribution < 1.29 is 19.1 Å². The molecule has 0 saturated carbocycles. The van der Waals surface area contributed by atoms with Crippen LogP contribution in [-0.4, -0.2) is 44.1 Å². The van der Waals surface area contributed by atoms with Crippen LogP contribution in [0.1, 0.15) is 23.1 Å². The molecule has 3 amide bonds. The first-order valence-corrected chi connectivity index (χ1v) is 10.6. The van der Waals surface area contributed by atoms with Gasteiger partial charge in [0.25, 0.3) is 0 Å². The van der Waals surface area contributed by atoms with Gasteiger partial charge in [-0.15, -0.1) is 0 Å². The number of rotatable bonds is 4. The number of cyclic esters (lactones) is 1. The molecule has 0 bridgehead atoms. The number of ether oxygens (including phenoxy) is 1. The first-order chi connectivity index (χ1) is 15.4. The van der Waals surface area contributed by atoms with Crippen LogP contribution in [-0.2, 0) is 14.3 Å². The van der Waals surface area contributed by atoms with Crippen LogP contribution in [0.15, 0.2) is 42.5 Å². The quantitative estimate of drug-likeness (QED) is 0.755. The number of carbonyl (C=O) groups excluding carboxylic acids is 3. The van der Waals surface area contributed by atoms with Crippen molar-refractivity contribution in [2.45, 2.75) is 20.3 Å². The van der Waals surface area contributed by atoms with E-state index >= 15 is 0 Å². The summed E-state index contributed by atoms with van der Waals surface area (Å²) in [5.41, 5.74) is 4.67. The third kappa shape index (κ3) is 4.59. The zero-order valence-electron chi connectivity index (χ0n) is 18.2. The molecule has 0 spiro atoms. The van der Waals surface area contributed by atoms with Gasteiger partial charge in [-0.3, -0.25) is 14.5 Å². The van der Waals surface area contributed by atoms with Crippen LogP contribution in [0, 0.1) is 31.6 Å². The zero-order valence-corrected chi connectivity index (χ0v) is 18.2. The SMILES string of the molecule is Cc1ccc(N2CC(C(=O)NCC#Cc3ccc(N4CCOC4=O)cc3)CC2=O)cc1C. The minimum absolute atomic E-state index is 0.0403. The summed E-state index contributed by atoms with van der Waals surface area (Å²) in [6.07, 6.45) is -0.139. The van der Waals surface area contributed by atoms with Gasteiger partial charge < -0.3 is 15.0 Å². The number of aryl methyl sites for hydroxylation is 2. The first-order valence-electron chi connectivity index (χ1n) is 10.6. The van der Waals surface area contributed by atoms with Crippen molar-refractivity contribution in [2.24, 2.45) is 5.92 Å². The molecule has 0 aliphatic carbocycles. The normalized spacial score (nSPS) is 17.8. The van der Waals surface area contributed by atoms with E-state index in [2.05, 4.69) is 17.2 Å². The van der Waals surface area contributed by atoms with Crippen LogP contribution >= 0.6 is 0 Å². The van der Waals surface area contributed by atoms with E-state index in [0.717, 1.165) is 22.5 Å². The van der Waals surface area contributed by atoms with E-state index in [4.69, 9.17) is 4.74 Å². The van der Waals surface area contributed by atoms with Crippen LogP contribution in [0.3, 0.4) is 0 Å². The Labute approximate surface area is 187 Å². The third-order valence-corrected chi connectivity index (χ3v) is 5.82. The van der Waals surface area contributed by atoms with Gasteiger partial charge in [-0.05, 0) is 61.4 Å². The second-order valence-electron chi connectivity index (χ2n) is 8.01. The Balaban J connectivity index is 1.29. The maximum atomic E-state index is 12.5. The molecule has 2 fully saturated rings. The molecule has 1 N–H and O–H groups in total. The van der Waals surface area contributed by atoms with Crippen LogP contribution in [0.4, 0.5) is 16.2 Å². The van der Waals surface area contributed by atoms with Crippen molar-refractivity contribution in [3.63, 3.8) is 0 Å². The summed E-state index contributed by atoms with van der Waals surface area (Å²) >= 11 is 0. The molecule has 1 atom stereocenters. The Kier molecular flexibility index (Phi) is 6.13. The number of hydrogen-bond acceptors (Lipinski definition) is 4. The van der Waals surface area contributed by atoms with E-state index in [0.29, 0.717) is 19.7 Å². The molecule has 7 nitrogen and oxygen atoms in total. The summed E-state index contributed by atoms with van der Waals surface area (Å²) < 4.78 is 4.94. The molecule has 0 radical (unpaired) electrons. The lowest BCUT2D eigenvalue weighted by Crippen LogP contribution is -2.33. The van der Waals surface area contributed by atoms with Crippen molar-refractivity contribution in [3.05, 3.63) is 59.2 Å². The largest absolute Gasteiger partial charge is 0.447 e. The van der Waals surface area contributed by atoms with Crippen LogP contribution in [0.2, 0.25) is 0 Å². The molecule has 1 unspecified atom stereocenters. The molecule has 4 rings (SSSR count). The number of nitrogens with one attached hydrogen (secondary N) is 1. The second-order valence-corrected chi connectivity index (χ2v) is 8.01. The van der Waals surface area contributed by atoms with Crippen molar-refractivity contribution in [1.82, 2.24) is 5.32 Å². The van der Waals surface area contributed by atoms with Crippen LogP contribution < -0.4 is 15.1 Å². The number of benzene rings is 2. The number of hydrogen-bond donors (Lipinski definition) is 1. The van der Waals surface area contributed by atoms with E-state index in [1.807, 2.05) is 56.3 Å². The Morgan fingerprint density at radius 2 is 1.81 bits per heavy atom. The predicted molar refractivity (Wildman–Crippen MR) is 121 cm³/mol. The number of anilines is 2. The molecular weight excluding hydrogens is 406 g/mol. The Morgan fingerprint density at radius 3 is 2.50 bits per heavy atom. The molecule has 2 aliphatic heterocycles.